The van der Waals surface area contributed by atoms with Crippen LogP contribution < -0.4 is 15.4 Å². The van der Waals surface area contributed by atoms with E-state index >= 15 is 0 Å². The van der Waals surface area contributed by atoms with Crippen molar-refractivity contribution in [3.8, 4) is 5.75 Å². The summed E-state index contributed by atoms with van der Waals surface area (Å²) in [5.41, 5.74) is 1.96. The molecular weight excluding hydrogens is 367 g/mol. The molecule has 1 aliphatic heterocycles. The SMILES string of the molecule is CN=C(NCc1ccc(OC)cc1)NCC1CCN(Cc2ccccc2F)CC1. The van der Waals surface area contributed by atoms with Crippen LogP contribution in [0.1, 0.15) is 24.0 Å². The van der Waals surface area contributed by atoms with Crippen LogP contribution in [0.25, 0.3) is 0 Å². The minimum absolute atomic E-state index is 0.108. The molecule has 1 saturated heterocycles. The summed E-state index contributed by atoms with van der Waals surface area (Å²) < 4.78 is 19.0. The molecule has 0 bridgehead atoms. The molecule has 2 N–H and O–H groups in total. The zero-order valence-corrected chi connectivity index (χ0v) is 17.3. The molecule has 6 heteroatoms. The minimum Gasteiger partial charge on any atom is -0.497 e. The third-order valence-corrected chi connectivity index (χ3v) is 5.46. The fourth-order valence-electron chi connectivity index (χ4n) is 3.61. The molecule has 156 valence electrons. The van der Waals surface area contributed by atoms with E-state index in [1.807, 2.05) is 36.4 Å². The maximum Gasteiger partial charge on any atom is 0.191 e. The summed E-state index contributed by atoms with van der Waals surface area (Å²) >= 11 is 0. The number of hydrogen-bond donors (Lipinski definition) is 2. The van der Waals surface area contributed by atoms with E-state index in [2.05, 4.69) is 20.5 Å². The molecule has 0 aromatic heterocycles. The highest BCUT2D eigenvalue weighted by Crippen LogP contribution is 2.19. The molecule has 0 radical (unpaired) electrons. The van der Waals surface area contributed by atoms with Gasteiger partial charge in [0.15, 0.2) is 5.96 Å². The predicted octanol–water partition coefficient (Wildman–Crippen LogP) is 3.41. The van der Waals surface area contributed by atoms with E-state index < -0.39 is 0 Å². The number of methoxy groups -OCH3 is 1. The lowest BCUT2D eigenvalue weighted by Gasteiger charge is -2.32. The monoisotopic (exact) mass is 398 g/mol. The highest BCUT2D eigenvalue weighted by Gasteiger charge is 2.20. The van der Waals surface area contributed by atoms with E-state index in [0.29, 0.717) is 19.0 Å². The van der Waals surface area contributed by atoms with Crippen LogP contribution in [-0.2, 0) is 13.1 Å². The number of aliphatic imine (C=N–C) groups is 1. The molecule has 0 saturated carbocycles. The second-order valence-corrected chi connectivity index (χ2v) is 7.47. The number of nitrogens with zero attached hydrogens (tertiary/aromatic N) is 2. The van der Waals surface area contributed by atoms with Crippen molar-refractivity contribution in [2.45, 2.75) is 25.9 Å². The lowest BCUT2D eigenvalue weighted by Crippen LogP contribution is -2.42. The summed E-state index contributed by atoms with van der Waals surface area (Å²) in [5, 5.41) is 6.80. The van der Waals surface area contributed by atoms with Gasteiger partial charge in [-0.1, -0.05) is 30.3 Å². The molecular formula is C23H31FN4O. The first-order valence-corrected chi connectivity index (χ1v) is 10.2. The summed E-state index contributed by atoms with van der Waals surface area (Å²) in [6.07, 6.45) is 2.22. The summed E-state index contributed by atoms with van der Waals surface area (Å²) in [6.45, 7) is 4.30. The number of benzene rings is 2. The van der Waals surface area contributed by atoms with Crippen molar-refractivity contribution in [2.75, 3.05) is 33.8 Å². The molecule has 1 heterocycles. The van der Waals surface area contributed by atoms with Gasteiger partial charge in [0.1, 0.15) is 11.6 Å². The Morgan fingerprint density at radius 2 is 1.83 bits per heavy atom. The van der Waals surface area contributed by atoms with Gasteiger partial charge in [0.25, 0.3) is 0 Å². The fourth-order valence-corrected chi connectivity index (χ4v) is 3.61. The Kier molecular flexibility index (Phi) is 7.87. The van der Waals surface area contributed by atoms with Crippen LogP contribution in [0.5, 0.6) is 5.75 Å². The van der Waals surface area contributed by atoms with Gasteiger partial charge in [-0.2, -0.15) is 0 Å². The average Bonchev–Trinajstić information content (AvgIpc) is 2.77. The van der Waals surface area contributed by atoms with E-state index in [9.17, 15) is 4.39 Å². The van der Waals surface area contributed by atoms with E-state index in [1.165, 1.54) is 11.6 Å². The Morgan fingerprint density at radius 1 is 1.10 bits per heavy atom. The van der Waals surface area contributed by atoms with Gasteiger partial charge in [-0.05, 0) is 55.6 Å². The van der Waals surface area contributed by atoms with Crippen LogP contribution in [0.4, 0.5) is 4.39 Å². The highest BCUT2D eigenvalue weighted by molar-refractivity contribution is 5.79. The molecule has 0 spiro atoms. The normalized spacial score (nSPS) is 15.9. The quantitative estimate of drug-likeness (QED) is 0.554. The molecule has 2 aromatic rings. The van der Waals surface area contributed by atoms with E-state index in [4.69, 9.17) is 4.74 Å². The number of ether oxygens (including phenoxy) is 1. The van der Waals surface area contributed by atoms with E-state index in [1.54, 1.807) is 20.2 Å². The van der Waals surface area contributed by atoms with Gasteiger partial charge in [0, 0.05) is 32.2 Å². The summed E-state index contributed by atoms with van der Waals surface area (Å²) in [6, 6.07) is 15.1. The Labute approximate surface area is 173 Å². The van der Waals surface area contributed by atoms with Crippen LogP contribution in [0.15, 0.2) is 53.5 Å². The average molecular weight is 399 g/mol. The van der Waals surface area contributed by atoms with Gasteiger partial charge >= 0.3 is 0 Å². The van der Waals surface area contributed by atoms with Gasteiger partial charge in [-0.25, -0.2) is 4.39 Å². The Bertz CT molecular complexity index is 786. The number of piperidine rings is 1. The van der Waals surface area contributed by atoms with Crippen molar-refractivity contribution in [1.29, 1.82) is 0 Å². The third-order valence-electron chi connectivity index (χ3n) is 5.46. The topological polar surface area (TPSA) is 48.9 Å². The maximum absolute atomic E-state index is 13.8. The number of halogens is 1. The standard InChI is InChI=1S/C23H31FN4O/c1-25-23(26-15-18-7-9-21(29-2)10-8-18)27-16-19-11-13-28(14-12-19)17-20-5-3-4-6-22(20)24/h3-10,19H,11-17H2,1-2H3,(H2,25,26,27). The van der Waals surface area contributed by atoms with Gasteiger partial charge < -0.3 is 15.4 Å². The highest BCUT2D eigenvalue weighted by atomic mass is 19.1. The Hall–Kier alpha value is -2.60. The molecule has 5 nitrogen and oxygen atoms in total. The smallest absolute Gasteiger partial charge is 0.191 e. The molecule has 0 aliphatic carbocycles. The Balaban J connectivity index is 1.37. The largest absolute Gasteiger partial charge is 0.497 e. The zero-order chi connectivity index (χ0) is 20.5. The van der Waals surface area contributed by atoms with Crippen molar-refractivity contribution in [3.05, 3.63) is 65.5 Å². The summed E-state index contributed by atoms with van der Waals surface area (Å²) in [4.78, 5) is 6.66. The van der Waals surface area contributed by atoms with Crippen molar-refractivity contribution in [1.82, 2.24) is 15.5 Å². The summed E-state index contributed by atoms with van der Waals surface area (Å²) in [7, 11) is 3.46. The van der Waals surface area contributed by atoms with Crippen molar-refractivity contribution in [2.24, 2.45) is 10.9 Å². The van der Waals surface area contributed by atoms with Gasteiger partial charge in [-0.15, -0.1) is 0 Å². The Morgan fingerprint density at radius 3 is 2.48 bits per heavy atom. The van der Waals surface area contributed by atoms with Gasteiger partial charge in [-0.3, -0.25) is 9.89 Å². The first-order valence-electron chi connectivity index (χ1n) is 10.2. The molecule has 3 rings (SSSR count). The number of guanidine groups is 1. The first-order chi connectivity index (χ1) is 14.2. The fraction of sp³-hybridized carbons (Fsp3) is 0.435. The van der Waals surface area contributed by atoms with Crippen LogP contribution in [0.3, 0.4) is 0 Å². The number of nitrogens with one attached hydrogen (secondary N) is 2. The molecule has 0 amide bonds. The maximum atomic E-state index is 13.8. The first kappa shape index (κ1) is 21.1. The predicted molar refractivity (Wildman–Crippen MR) is 116 cm³/mol. The molecule has 1 aliphatic rings. The second-order valence-electron chi connectivity index (χ2n) is 7.47. The van der Waals surface area contributed by atoms with Crippen LogP contribution in [-0.4, -0.2) is 44.7 Å². The van der Waals surface area contributed by atoms with Crippen LogP contribution >= 0.6 is 0 Å². The van der Waals surface area contributed by atoms with E-state index in [0.717, 1.165) is 49.7 Å². The lowest BCUT2D eigenvalue weighted by molar-refractivity contribution is 0.176. The number of likely N-dealkylation sites (tertiary alicyclic amines) is 1. The molecule has 1 fully saturated rings. The third kappa shape index (κ3) is 6.46. The minimum atomic E-state index is -0.108. The molecule has 29 heavy (non-hydrogen) atoms. The van der Waals surface area contributed by atoms with Crippen LogP contribution in [0, 0.1) is 11.7 Å². The molecule has 2 aromatic carbocycles. The van der Waals surface area contributed by atoms with Crippen LogP contribution in [0.2, 0.25) is 0 Å². The molecule has 0 atom stereocenters. The lowest BCUT2D eigenvalue weighted by atomic mass is 9.96. The van der Waals surface area contributed by atoms with Gasteiger partial charge in [0.2, 0.25) is 0 Å². The van der Waals surface area contributed by atoms with Crippen molar-refractivity contribution < 1.29 is 9.13 Å². The number of rotatable bonds is 7. The summed E-state index contributed by atoms with van der Waals surface area (Å²) in [5.74, 6) is 2.17. The molecule has 0 unspecified atom stereocenters. The van der Waals surface area contributed by atoms with E-state index in [-0.39, 0.29) is 5.82 Å². The zero-order valence-electron chi connectivity index (χ0n) is 17.3. The van der Waals surface area contributed by atoms with Crippen molar-refractivity contribution >= 4 is 5.96 Å². The van der Waals surface area contributed by atoms with Crippen molar-refractivity contribution in [3.63, 3.8) is 0 Å². The second kappa shape index (κ2) is 10.8. The van der Waals surface area contributed by atoms with Gasteiger partial charge in [0.05, 0.1) is 7.11 Å². The number of hydrogen-bond acceptors (Lipinski definition) is 3.